The Morgan fingerprint density at radius 1 is 0.889 bits per heavy atom. The van der Waals surface area contributed by atoms with Crippen LogP contribution < -0.4 is 5.73 Å². The zero-order chi connectivity index (χ0) is 13.1. The van der Waals surface area contributed by atoms with Crippen LogP contribution in [0.3, 0.4) is 0 Å². The van der Waals surface area contributed by atoms with Crippen molar-refractivity contribution >= 4 is 17.3 Å². The number of nitrogens with two attached hydrogens (primary N) is 1. The van der Waals surface area contributed by atoms with E-state index >= 15 is 0 Å². The molecule has 0 bridgehead atoms. The standard InChI is InChI=1S/C13H15N5/c1-8-4-6-11(7-5-8)17-18-12-9(2)15-13(14)16-10(12)3/h4-7H,1-3H3,(H2,14,15,16). The molecule has 2 N–H and O–H groups in total. The summed E-state index contributed by atoms with van der Waals surface area (Å²) >= 11 is 0. The Kier molecular flexibility index (Phi) is 3.32. The highest BCUT2D eigenvalue weighted by Crippen LogP contribution is 2.24. The van der Waals surface area contributed by atoms with Gasteiger partial charge < -0.3 is 5.73 Å². The van der Waals surface area contributed by atoms with Crippen LogP contribution in [0.1, 0.15) is 17.0 Å². The first-order chi connectivity index (χ1) is 8.56. The van der Waals surface area contributed by atoms with Crippen molar-refractivity contribution in [3.63, 3.8) is 0 Å². The highest BCUT2D eigenvalue weighted by atomic mass is 15.1. The molecule has 0 aliphatic rings. The zero-order valence-electron chi connectivity index (χ0n) is 10.7. The molecule has 18 heavy (non-hydrogen) atoms. The largest absolute Gasteiger partial charge is 0.368 e. The Morgan fingerprint density at radius 3 is 2.00 bits per heavy atom. The molecule has 0 radical (unpaired) electrons. The topological polar surface area (TPSA) is 76.5 Å². The second-order valence-corrected chi connectivity index (χ2v) is 4.14. The minimum Gasteiger partial charge on any atom is -0.368 e. The lowest BCUT2D eigenvalue weighted by molar-refractivity contribution is 1.04. The van der Waals surface area contributed by atoms with Crippen LogP contribution in [-0.2, 0) is 0 Å². The fourth-order valence-corrected chi connectivity index (χ4v) is 1.60. The van der Waals surface area contributed by atoms with Gasteiger partial charge in [0.1, 0.15) is 5.69 Å². The van der Waals surface area contributed by atoms with Gasteiger partial charge in [0.25, 0.3) is 0 Å². The number of anilines is 1. The fraction of sp³-hybridized carbons (Fsp3) is 0.231. The first kappa shape index (κ1) is 12.2. The molecule has 0 spiro atoms. The van der Waals surface area contributed by atoms with Crippen molar-refractivity contribution in [3.05, 3.63) is 41.2 Å². The average molecular weight is 241 g/mol. The van der Waals surface area contributed by atoms with Crippen LogP contribution in [0, 0.1) is 20.8 Å². The van der Waals surface area contributed by atoms with E-state index in [9.17, 15) is 0 Å². The fourth-order valence-electron chi connectivity index (χ4n) is 1.60. The summed E-state index contributed by atoms with van der Waals surface area (Å²) in [6.07, 6.45) is 0. The number of azo groups is 1. The van der Waals surface area contributed by atoms with E-state index in [1.807, 2.05) is 45.0 Å². The van der Waals surface area contributed by atoms with Crippen molar-refractivity contribution in [2.45, 2.75) is 20.8 Å². The number of nitrogen functional groups attached to an aromatic ring is 1. The van der Waals surface area contributed by atoms with Gasteiger partial charge in [-0.15, -0.1) is 5.11 Å². The van der Waals surface area contributed by atoms with Crippen molar-refractivity contribution in [1.82, 2.24) is 9.97 Å². The van der Waals surface area contributed by atoms with E-state index in [1.165, 1.54) is 5.56 Å². The lowest BCUT2D eigenvalue weighted by Gasteiger charge is -2.03. The molecule has 0 aliphatic heterocycles. The summed E-state index contributed by atoms with van der Waals surface area (Å²) in [4.78, 5) is 8.15. The number of rotatable bonds is 2. The summed E-state index contributed by atoms with van der Waals surface area (Å²) in [6.45, 7) is 5.71. The molecule has 0 saturated carbocycles. The number of aryl methyl sites for hydroxylation is 3. The average Bonchev–Trinajstić information content (AvgIpc) is 2.30. The molecule has 1 aromatic carbocycles. The minimum atomic E-state index is 0.263. The van der Waals surface area contributed by atoms with Crippen LogP contribution in [-0.4, -0.2) is 9.97 Å². The minimum absolute atomic E-state index is 0.263. The van der Waals surface area contributed by atoms with Gasteiger partial charge in [0.05, 0.1) is 17.1 Å². The summed E-state index contributed by atoms with van der Waals surface area (Å²) in [5, 5.41) is 8.36. The van der Waals surface area contributed by atoms with Gasteiger partial charge in [-0.1, -0.05) is 17.7 Å². The van der Waals surface area contributed by atoms with Gasteiger partial charge in [-0.3, -0.25) is 0 Å². The van der Waals surface area contributed by atoms with E-state index in [-0.39, 0.29) is 5.95 Å². The number of hydrogen-bond donors (Lipinski definition) is 1. The van der Waals surface area contributed by atoms with E-state index in [0.29, 0.717) is 5.69 Å². The summed E-state index contributed by atoms with van der Waals surface area (Å²) in [7, 11) is 0. The Bertz CT molecular complexity index is 564. The third-order valence-electron chi connectivity index (χ3n) is 2.55. The van der Waals surface area contributed by atoms with Gasteiger partial charge in [0, 0.05) is 0 Å². The van der Waals surface area contributed by atoms with Crippen LogP contribution in [0.25, 0.3) is 0 Å². The summed E-state index contributed by atoms with van der Waals surface area (Å²) in [6, 6.07) is 7.82. The van der Waals surface area contributed by atoms with Crippen molar-refractivity contribution in [2.24, 2.45) is 10.2 Å². The molecular formula is C13H15N5. The van der Waals surface area contributed by atoms with Gasteiger partial charge in [0.2, 0.25) is 5.95 Å². The maximum Gasteiger partial charge on any atom is 0.220 e. The Hall–Kier alpha value is -2.30. The predicted octanol–water partition coefficient (Wildman–Crippen LogP) is 3.40. The van der Waals surface area contributed by atoms with E-state index in [1.54, 1.807) is 0 Å². The summed E-state index contributed by atoms with van der Waals surface area (Å²) in [5.41, 5.74) is 9.69. The Morgan fingerprint density at radius 2 is 1.44 bits per heavy atom. The molecule has 0 fully saturated rings. The van der Waals surface area contributed by atoms with E-state index in [4.69, 9.17) is 5.73 Å². The molecule has 2 rings (SSSR count). The van der Waals surface area contributed by atoms with Crippen LogP contribution in [0.15, 0.2) is 34.5 Å². The van der Waals surface area contributed by atoms with Gasteiger partial charge in [-0.05, 0) is 32.9 Å². The molecule has 0 saturated heterocycles. The third kappa shape index (κ3) is 2.68. The van der Waals surface area contributed by atoms with Crippen LogP contribution >= 0.6 is 0 Å². The summed E-state index contributed by atoms with van der Waals surface area (Å²) < 4.78 is 0. The van der Waals surface area contributed by atoms with Crippen LogP contribution in [0.5, 0.6) is 0 Å². The highest BCUT2D eigenvalue weighted by molar-refractivity contribution is 5.48. The molecule has 0 amide bonds. The second-order valence-electron chi connectivity index (χ2n) is 4.14. The number of nitrogens with zero attached hydrogens (tertiary/aromatic N) is 4. The van der Waals surface area contributed by atoms with E-state index in [2.05, 4.69) is 20.2 Å². The van der Waals surface area contributed by atoms with E-state index < -0.39 is 0 Å². The molecule has 5 heteroatoms. The molecule has 0 atom stereocenters. The Balaban J connectivity index is 2.31. The maximum absolute atomic E-state index is 5.56. The lowest BCUT2D eigenvalue weighted by atomic mass is 10.2. The third-order valence-corrected chi connectivity index (χ3v) is 2.55. The van der Waals surface area contributed by atoms with Gasteiger partial charge in [-0.25, -0.2) is 9.97 Å². The highest BCUT2D eigenvalue weighted by Gasteiger charge is 2.05. The molecule has 1 aromatic heterocycles. The SMILES string of the molecule is Cc1ccc(N=Nc2c(C)nc(N)nc2C)cc1. The van der Waals surface area contributed by atoms with Crippen molar-refractivity contribution in [2.75, 3.05) is 5.73 Å². The first-order valence-corrected chi connectivity index (χ1v) is 5.65. The van der Waals surface area contributed by atoms with Crippen molar-refractivity contribution < 1.29 is 0 Å². The van der Waals surface area contributed by atoms with Gasteiger partial charge in [-0.2, -0.15) is 5.11 Å². The summed E-state index contributed by atoms with van der Waals surface area (Å²) in [5.74, 6) is 0.263. The molecule has 0 aliphatic carbocycles. The van der Waals surface area contributed by atoms with Crippen LogP contribution in [0.4, 0.5) is 17.3 Å². The first-order valence-electron chi connectivity index (χ1n) is 5.65. The quantitative estimate of drug-likeness (QED) is 0.818. The molecule has 1 heterocycles. The number of aromatic nitrogens is 2. The molecule has 2 aromatic rings. The molecular weight excluding hydrogens is 226 g/mol. The monoisotopic (exact) mass is 241 g/mol. The molecule has 0 unspecified atom stereocenters. The van der Waals surface area contributed by atoms with Crippen molar-refractivity contribution in [1.29, 1.82) is 0 Å². The Labute approximate surface area is 106 Å². The van der Waals surface area contributed by atoms with Gasteiger partial charge in [0.15, 0.2) is 0 Å². The van der Waals surface area contributed by atoms with E-state index in [0.717, 1.165) is 17.1 Å². The smallest absolute Gasteiger partial charge is 0.220 e. The number of benzene rings is 1. The van der Waals surface area contributed by atoms with Crippen molar-refractivity contribution in [3.8, 4) is 0 Å². The molecule has 92 valence electrons. The zero-order valence-corrected chi connectivity index (χ0v) is 10.7. The normalized spacial score (nSPS) is 11.1. The number of hydrogen-bond acceptors (Lipinski definition) is 5. The predicted molar refractivity (Wildman–Crippen MR) is 71.3 cm³/mol. The lowest BCUT2D eigenvalue weighted by Crippen LogP contribution is -1.98. The molecule has 5 nitrogen and oxygen atoms in total. The maximum atomic E-state index is 5.56. The second kappa shape index (κ2) is 4.91. The van der Waals surface area contributed by atoms with Gasteiger partial charge >= 0.3 is 0 Å². The van der Waals surface area contributed by atoms with Crippen LogP contribution in [0.2, 0.25) is 0 Å².